The molecule has 2 heterocycles. The molecule has 0 unspecified atom stereocenters. The van der Waals surface area contributed by atoms with Crippen LogP contribution in [0.15, 0.2) is 24.3 Å². The molecular formula is C19H25ClN4O2. The zero-order valence-corrected chi connectivity index (χ0v) is 16.2. The number of rotatable bonds is 3. The summed E-state index contributed by atoms with van der Waals surface area (Å²) < 4.78 is 5.48. The molecule has 1 aromatic heterocycles. The van der Waals surface area contributed by atoms with Gasteiger partial charge in [0.15, 0.2) is 11.0 Å². The van der Waals surface area contributed by atoms with Gasteiger partial charge in [0.05, 0.1) is 11.0 Å². The number of anilines is 1. The molecule has 2 aromatic rings. The van der Waals surface area contributed by atoms with Crippen molar-refractivity contribution in [3.05, 3.63) is 29.4 Å². The Morgan fingerprint density at radius 2 is 2.00 bits per heavy atom. The van der Waals surface area contributed by atoms with Gasteiger partial charge in [0.1, 0.15) is 5.60 Å². The number of aromatic nitrogens is 2. The zero-order chi connectivity index (χ0) is 18.7. The first-order valence-corrected chi connectivity index (χ1v) is 9.34. The molecule has 26 heavy (non-hydrogen) atoms. The lowest BCUT2D eigenvalue weighted by molar-refractivity contribution is 0.0172. The SMILES string of the molecule is CC(C)(C)OC(=O)N1CCC[C@H](CNc2nc3ccccc3nc2Cl)C1. The molecule has 0 aliphatic carbocycles. The quantitative estimate of drug-likeness (QED) is 0.862. The summed E-state index contributed by atoms with van der Waals surface area (Å²) in [6.45, 7) is 7.74. The molecule has 1 N–H and O–H groups in total. The number of ether oxygens (including phenoxy) is 1. The summed E-state index contributed by atoms with van der Waals surface area (Å²) in [5.74, 6) is 0.903. The van der Waals surface area contributed by atoms with E-state index >= 15 is 0 Å². The number of nitrogens with zero attached hydrogens (tertiary/aromatic N) is 3. The number of hydrogen-bond acceptors (Lipinski definition) is 5. The number of likely N-dealkylation sites (tertiary alicyclic amines) is 1. The molecular weight excluding hydrogens is 352 g/mol. The number of piperidine rings is 1. The van der Waals surface area contributed by atoms with Crippen LogP contribution in [0.3, 0.4) is 0 Å². The number of nitrogens with one attached hydrogen (secondary N) is 1. The van der Waals surface area contributed by atoms with Crippen LogP contribution in [0.5, 0.6) is 0 Å². The first kappa shape index (κ1) is 18.7. The Labute approximate surface area is 158 Å². The molecule has 1 fully saturated rings. The van der Waals surface area contributed by atoms with Gasteiger partial charge in [-0.1, -0.05) is 23.7 Å². The van der Waals surface area contributed by atoms with Crippen LogP contribution < -0.4 is 5.32 Å². The molecule has 1 saturated heterocycles. The normalized spacial score (nSPS) is 18.0. The fourth-order valence-electron chi connectivity index (χ4n) is 3.06. The first-order valence-electron chi connectivity index (χ1n) is 8.96. The average molecular weight is 377 g/mol. The number of amides is 1. The molecule has 1 aromatic carbocycles. The van der Waals surface area contributed by atoms with E-state index in [4.69, 9.17) is 16.3 Å². The van der Waals surface area contributed by atoms with E-state index in [0.717, 1.165) is 30.4 Å². The Kier molecular flexibility index (Phi) is 5.51. The molecule has 0 spiro atoms. The Hall–Kier alpha value is -2.08. The fourth-order valence-corrected chi connectivity index (χ4v) is 3.26. The third-order valence-electron chi connectivity index (χ3n) is 4.26. The van der Waals surface area contributed by atoms with Gasteiger partial charge >= 0.3 is 6.09 Å². The molecule has 0 radical (unpaired) electrons. The number of carbonyl (C=O) groups excluding carboxylic acids is 1. The Bertz CT molecular complexity index is 791. The fraction of sp³-hybridized carbons (Fsp3) is 0.526. The number of para-hydroxylation sites is 2. The highest BCUT2D eigenvalue weighted by atomic mass is 35.5. The van der Waals surface area contributed by atoms with Crippen molar-refractivity contribution < 1.29 is 9.53 Å². The van der Waals surface area contributed by atoms with Crippen molar-refractivity contribution in [3.63, 3.8) is 0 Å². The van der Waals surface area contributed by atoms with Gasteiger partial charge in [0.25, 0.3) is 0 Å². The summed E-state index contributed by atoms with van der Waals surface area (Å²) in [6.07, 6.45) is 1.76. The Morgan fingerprint density at radius 1 is 1.31 bits per heavy atom. The highest BCUT2D eigenvalue weighted by Crippen LogP contribution is 2.23. The van der Waals surface area contributed by atoms with Gasteiger partial charge in [-0.05, 0) is 51.7 Å². The molecule has 3 rings (SSSR count). The van der Waals surface area contributed by atoms with Crippen LogP contribution in [0.25, 0.3) is 11.0 Å². The van der Waals surface area contributed by atoms with E-state index < -0.39 is 5.60 Å². The monoisotopic (exact) mass is 376 g/mol. The maximum Gasteiger partial charge on any atom is 0.410 e. The second kappa shape index (κ2) is 7.66. The van der Waals surface area contributed by atoms with E-state index in [1.807, 2.05) is 45.0 Å². The van der Waals surface area contributed by atoms with Gasteiger partial charge in [-0.3, -0.25) is 0 Å². The molecule has 1 aliphatic heterocycles. The van der Waals surface area contributed by atoms with Crippen LogP contribution in [0.2, 0.25) is 5.15 Å². The third-order valence-corrected chi connectivity index (χ3v) is 4.52. The van der Waals surface area contributed by atoms with Crippen LogP contribution in [-0.4, -0.2) is 46.2 Å². The molecule has 1 amide bonds. The van der Waals surface area contributed by atoms with Crippen molar-refractivity contribution in [2.75, 3.05) is 25.0 Å². The number of benzene rings is 1. The van der Waals surface area contributed by atoms with Crippen molar-refractivity contribution >= 4 is 34.5 Å². The van der Waals surface area contributed by atoms with Crippen LogP contribution in [0.4, 0.5) is 10.6 Å². The van der Waals surface area contributed by atoms with Crippen molar-refractivity contribution in [2.45, 2.75) is 39.2 Å². The zero-order valence-electron chi connectivity index (χ0n) is 15.5. The maximum absolute atomic E-state index is 12.3. The van der Waals surface area contributed by atoms with Gasteiger partial charge in [0.2, 0.25) is 0 Å². The third kappa shape index (κ3) is 4.75. The van der Waals surface area contributed by atoms with E-state index in [2.05, 4.69) is 15.3 Å². The molecule has 0 saturated carbocycles. The van der Waals surface area contributed by atoms with E-state index in [0.29, 0.717) is 30.0 Å². The van der Waals surface area contributed by atoms with Crippen LogP contribution in [-0.2, 0) is 4.74 Å². The topological polar surface area (TPSA) is 67.3 Å². The molecule has 0 bridgehead atoms. The molecule has 7 heteroatoms. The average Bonchev–Trinajstić information content (AvgIpc) is 2.58. The van der Waals surface area contributed by atoms with Crippen molar-refractivity contribution in [1.29, 1.82) is 0 Å². The number of halogens is 1. The lowest BCUT2D eigenvalue weighted by Crippen LogP contribution is -2.44. The van der Waals surface area contributed by atoms with Crippen molar-refractivity contribution in [3.8, 4) is 0 Å². The first-order chi connectivity index (χ1) is 12.3. The maximum atomic E-state index is 12.3. The number of hydrogen-bond donors (Lipinski definition) is 1. The van der Waals surface area contributed by atoms with Gasteiger partial charge in [0, 0.05) is 19.6 Å². The van der Waals surface area contributed by atoms with E-state index in [-0.39, 0.29) is 6.09 Å². The summed E-state index contributed by atoms with van der Waals surface area (Å²) in [7, 11) is 0. The van der Waals surface area contributed by atoms with E-state index in [1.165, 1.54) is 0 Å². The largest absolute Gasteiger partial charge is 0.444 e. The number of carbonyl (C=O) groups is 1. The lowest BCUT2D eigenvalue weighted by atomic mass is 9.98. The molecule has 1 atom stereocenters. The van der Waals surface area contributed by atoms with Crippen molar-refractivity contribution in [1.82, 2.24) is 14.9 Å². The van der Waals surface area contributed by atoms with Gasteiger partial charge in [-0.25, -0.2) is 14.8 Å². The van der Waals surface area contributed by atoms with Crippen LogP contribution in [0, 0.1) is 5.92 Å². The van der Waals surface area contributed by atoms with Crippen LogP contribution in [0.1, 0.15) is 33.6 Å². The minimum atomic E-state index is -0.476. The number of fused-ring (bicyclic) bond motifs is 1. The summed E-state index contributed by atoms with van der Waals surface area (Å²) in [4.78, 5) is 23.0. The molecule has 140 valence electrons. The summed E-state index contributed by atoms with van der Waals surface area (Å²) in [6, 6.07) is 7.63. The second-order valence-electron chi connectivity index (χ2n) is 7.67. The molecule has 6 nitrogen and oxygen atoms in total. The minimum Gasteiger partial charge on any atom is -0.444 e. The summed E-state index contributed by atoms with van der Waals surface area (Å²) in [5, 5.41) is 3.66. The smallest absolute Gasteiger partial charge is 0.410 e. The van der Waals surface area contributed by atoms with Gasteiger partial charge in [-0.15, -0.1) is 0 Å². The van der Waals surface area contributed by atoms with E-state index in [9.17, 15) is 4.79 Å². The van der Waals surface area contributed by atoms with Crippen molar-refractivity contribution in [2.24, 2.45) is 5.92 Å². The van der Waals surface area contributed by atoms with Gasteiger partial charge < -0.3 is 15.0 Å². The van der Waals surface area contributed by atoms with E-state index in [1.54, 1.807) is 4.90 Å². The predicted molar refractivity (Wildman–Crippen MR) is 104 cm³/mol. The predicted octanol–water partition coefficient (Wildman–Crippen LogP) is 4.34. The Morgan fingerprint density at radius 3 is 2.69 bits per heavy atom. The lowest BCUT2D eigenvalue weighted by Gasteiger charge is -2.34. The van der Waals surface area contributed by atoms with Crippen LogP contribution >= 0.6 is 11.6 Å². The minimum absolute atomic E-state index is 0.245. The van der Waals surface area contributed by atoms with Gasteiger partial charge in [-0.2, -0.15) is 0 Å². The summed E-state index contributed by atoms with van der Waals surface area (Å²) >= 11 is 6.25. The Balaban J connectivity index is 1.61. The summed E-state index contributed by atoms with van der Waals surface area (Å²) in [5.41, 5.74) is 1.10. The highest BCUT2D eigenvalue weighted by molar-refractivity contribution is 6.32. The standard InChI is InChI=1S/C19H25ClN4O2/c1-19(2,3)26-18(25)24-10-6-7-13(12-24)11-21-17-16(20)22-14-8-4-5-9-15(14)23-17/h4-5,8-9,13H,6-7,10-12H2,1-3H3,(H,21,23)/t13-/m1/s1. The highest BCUT2D eigenvalue weighted by Gasteiger charge is 2.27. The second-order valence-corrected chi connectivity index (χ2v) is 8.03. The molecule has 1 aliphatic rings.